The predicted molar refractivity (Wildman–Crippen MR) is 171 cm³/mol. The van der Waals surface area contributed by atoms with Gasteiger partial charge in [-0.3, -0.25) is 14.2 Å². The van der Waals surface area contributed by atoms with Crippen LogP contribution in [0.1, 0.15) is 55.6 Å². The van der Waals surface area contributed by atoms with E-state index in [0.29, 0.717) is 38.6 Å². The number of aromatic nitrogens is 3. The van der Waals surface area contributed by atoms with Crippen LogP contribution in [0.4, 0.5) is 5.00 Å². The third-order valence-corrected chi connectivity index (χ3v) is 8.55. The topological polar surface area (TPSA) is 151 Å². The van der Waals surface area contributed by atoms with Gasteiger partial charge in [-0.15, -0.1) is 21.5 Å². The highest BCUT2D eigenvalue weighted by Gasteiger charge is 2.27. The Labute approximate surface area is 272 Å². The maximum absolute atomic E-state index is 13.1. The summed E-state index contributed by atoms with van der Waals surface area (Å²) in [6.07, 6.45) is 0. The van der Waals surface area contributed by atoms with E-state index in [1.165, 1.54) is 0 Å². The number of esters is 2. The van der Waals surface area contributed by atoms with Gasteiger partial charge in [-0.25, -0.2) is 9.59 Å². The lowest BCUT2D eigenvalue weighted by molar-refractivity contribution is -0.113. The quantitative estimate of drug-likeness (QED) is 0.141. The molecule has 0 bridgehead atoms. The van der Waals surface area contributed by atoms with Crippen molar-refractivity contribution in [2.75, 3.05) is 31.4 Å². The molecule has 2 aromatic heterocycles. The second kappa shape index (κ2) is 15.5. The number of rotatable bonds is 13. The van der Waals surface area contributed by atoms with E-state index in [1.807, 2.05) is 0 Å². The van der Waals surface area contributed by atoms with E-state index < -0.39 is 17.8 Å². The highest BCUT2D eigenvalue weighted by Crippen LogP contribution is 2.35. The van der Waals surface area contributed by atoms with Gasteiger partial charge in [-0.05, 0) is 68.8 Å². The normalized spacial score (nSPS) is 10.7. The number of halogens is 1. The molecule has 0 saturated carbocycles. The lowest BCUT2D eigenvalue weighted by Gasteiger charge is -2.12. The fraction of sp³-hybridized carbons (Fsp3) is 0.267. The Bertz CT molecular complexity index is 1710. The summed E-state index contributed by atoms with van der Waals surface area (Å²) in [6.45, 7) is 5.25. The van der Waals surface area contributed by atoms with Crippen molar-refractivity contribution in [3.05, 3.63) is 80.9 Å². The Kier molecular flexibility index (Phi) is 11.6. The van der Waals surface area contributed by atoms with Crippen molar-refractivity contribution >= 4 is 63.5 Å². The number of benzene rings is 2. The van der Waals surface area contributed by atoms with Crippen LogP contribution in [0.5, 0.6) is 5.75 Å². The number of nitrogens with zero attached hydrogens (tertiary/aromatic N) is 3. The van der Waals surface area contributed by atoms with Crippen molar-refractivity contribution in [1.82, 2.24) is 20.1 Å². The van der Waals surface area contributed by atoms with Gasteiger partial charge < -0.3 is 24.8 Å². The summed E-state index contributed by atoms with van der Waals surface area (Å²) in [5.74, 6) is -1.13. The van der Waals surface area contributed by atoms with Crippen molar-refractivity contribution in [3.63, 3.8) is 0 Å². The van der Waals surface area contributed by atoms with Gasteiger partial charge in [-0.1, -0.05) is 29.4 Å². The maximum atomic E-state index is 13.1. The van der Waals surface area contributed by atoms with Crippen molar-refractivity contribution < 1.29 is 33.4 Å². The number of hydrogen-bond acceptors (Lipinski definition) is 11. The van der Waals surface area contributed by atoms with Crippen molar-refractivity contribution in [1.29, 1.82) is 0 Å². The van der Waals surface area contributed by atoms with E-state index in [1.54, 1.807) is 81.0 Å². The average molecular weight is 672 g/mol. The number of anilines is 1. The zero-order valence-corrected chi connectivity index (χ0v) is 27.2. The predicted octanol–water partition coefficient (Wildman–Crippen LogP) is 5.31. The van der Waals surface area contributed by atoms with E-state index >= 15 is 0 Å². The molecule has 0 radical (unpaired) electrons. The zero-order chi connectivity index (χ0) is 32.5. The Morgan fingerprint density at radius 3 is 2.38 bits per heavy atom. The molecular formula is C30H30ClN5O7S2. The standard InChI is InChI=1S/C30H30ClN5O7S2/c1-5-42-28(39)24-17(3)25(29(40)43-6-2)45-27(24)33-23(37)16-44-30-35-34-22(36(30)20-9-7-8-19(31)14-20)15-32-26(38)18-10-12-21(41-4)13-11-18/h7-14H,5-6,15-16H2,1-4H3,(H,32,38)(H,33,37). The summed E-state index contributed by atoms with van der Waals surface area (Å²) in [5, 5.41) is 15.1. The third-order valence-electron chi connectivity index (χ3n) is 6.20. The molecule has 2 aromatic carbocycles. The molecule has 236 valence electrons. The summed E-state index contributed by atoms with van der Waals surface area (Å²) >= 11 is 8.29. The number of carbonyl (C=O) groups excluding carboxylic acids is 4. The first kappa shape index (κ1) is 33.5. The molecule has 15 heteroatoms. The first-order valence-corrected chi connectivity index (χ1v) is 15.9. The lowest BCUT2D eigenvalue weighted by Crippen LogP contribution is -2.24. The number of hydrogen-bond donors (Lipinski definition) is 2. The number of carbonyl (C=O) groups is 4. The van der Waals surface area contributed by atoms with Crippen LogP contribution in [-0.2, 0) is 20.8 Å². The number of nitrogens with one attached hydrogen (secondary N) is 2. The Hall–Kier alpha value is -4.40. The van der Waals surface area contributed by atoms with Crippen molar-refractivity contribution in [3.8, 4) is 11.4 Å². The summed E-state index contributed by atoms with van der Waals surface area (Å²) in [6, 6.07) is 13.7. The number of ether oxygens (including phenoxy) is 3. The highest BCUT2D eigenvalue weighted by molar-refractivity contribution is 7.99. The Balaban J connectivity index is 1.53. The molecule has 0 spiro atoms. The van der Waals surface area contributed by atoms with Crippen LogP contribution in [0.2, 0.25) is 5.02 Å². The molecule has 2 heterocycles. The second-order valence-electron chi connectivity index (χ2n) is 9.16. The Morgan fingerprint density at radius 2 is 1.71 bits per heavy atom. The Morgan fingerprint density at radius 1 is 1.00 bits per heavy atom. The van der Waals surface area contributed by atoms with E-state index in [0.717, 1.165) is 23.1 Å². The summed E-state index contributed by atoms with van der Waals surface area (Å²) < 4.78 is 17.1. The van der Waals surface area contributed by atoms with Gasteiger partial charge in [0.15, 0.2) is 11.0 Å². The highest BCUT2D eigenvalue weighted by atomic mass is 35.5. The molecule has 0 saturated heterocycles. The molecule has 12 nitrogen and oxygen atoms in total. The molecule has 2 N–H and O–H groups in total. The molecule has 0 atom stereocenters. The smallest absolute Gasteiger partial charge is 0.348 e. The fourth-order valence-electron chi connectivity index (χ4n) is 4.12. The molecule has 0 aliphatic rings. The van der Waals surface area contributed by atoms with E-state index in [-0.39, 0.29) is 46.9 Å². The van der Waals surface area contributed by atoms with Gasteiger partial charge >= 0.3 is 11.9 Å². The summed E-state index contributed by atoms with van der Waals surface area (Å²) in [7, 11) is 1.54. The average Bonchev–Trinajstić information content (AvgIpc) is 3.59. The molecule has 2 amide bonds. The molecular weight excluding hydrogens is 642 g/mol. The molecule has 0 aliphatic carbocycles. The van der Waals surface area contributed by atoms with Crippen LogP contribution in [-0.4, -0.2) is 64.6 Å². The maximum Gasteiger partial charge on any atom is 0.348 e. The number of thioether (sulfide) groups is 1. The van der Waals surface area contributed by atoms with Gasteiger partial charge in [0.25, 0.3) is 5.91 Å². The molecule has 0 unspecified atom stereocenters. The molecule has 0 aliphatic heterocycles. The number of amides is 2. The van der Waals surface area contributed by atoms with Crippen LogP contribution < -0.4 is 15.4 Å². The zero-order valence-electron chi connectivity index (χ0n) is 24.8. The SMILES string of the molecule is CCOC(=O)c1sc(NC(=O)CSc2nnc(CNC(=O)c3ccc(OC)cc3)n2-c2cccc(Cl)c2)c(C(=O)OCC)c1C. The lowest BCUT2D eigenvalue weighted by atomic mass is 10.1. The van der Waals surface area contributed by atoms with Crippen LogP contribution in [0.3, 0.4) is 0 Å². The van der Waals surface area contributed by atoms with Crippen molar-refractivity contribution in [2.45, 2.75) is 32.5 Å². The van der Waals surface area contributed by atoms with E-state index in [9.17, 15) is 19.2 Å². The minimum atomic E-state index is -0.660. The monoisotopic (exact) mass is 671 g/mol. The second-order valence-corrected chi connectivity index (χ2v) is 11.6. The molecule has 4 aromatic rings. The van der Waals surface area contributed by atoms with Gasteiger partial charge in [0.2, 0.25) is 5.91 Å². The van der Waals surface area contributed by atoms with Gasteiger partial charge in [0.05, 0.1) is 43.9 Å². The number of thiophene rings is 1. The first-order chi connectivity index (χ1) is 21.7. The van der Waals surface area contributed by atoms with E-state index in [2.05, 4.69) is 20.8 Å². The van der Waals surface area contributed by atoms with Crippen LogP contribution >= 0.6 is 34.7 Å². The molecule has 0 fully saturated rings. The minimum Gasteiger partial charge on any atom is -0.497 e. The van der Waals surface area contributed by atoms with Gasteiger partial charge in [0, 0.05) is 10.6 Å². The third kappa shape index (κ3) is 8.21. The van der Waals surface area contributed by atoms with Crippen LogP contribution in [0, 0.1) is 6.92 Å². The molecule has 4 rings (SSSR count). The number of methoxy groups -OCH3 is 1. The summed E-state index contributed by atoms with van der Waals surface area (Å²) in [4.78, 5) is 51.3. The summed E-state index contributed by atoms with van der Waals surface area (Å²) in [5.41, 5.74) is 1.52. The van der Waals surface area contributed by atoms with Gasteiger partial charge in [-0.2, -0.15) is 0 Å². The minimum absolute atomic E-state index is 0.0329. The van der Waals surface area contributed by atoms with E-state index in [4.69, 9.17) is 25.8 Å². The largest absolute Gasteiger partial charge is 0.497 e. The fourth-order valence-corrected chi connectivity index (χ4v) is 6.18. The van der Waals surface area contributed by atoms with Crippen LogP contribution in [0.25, 0.3) is 5.69 Å². The van der Waals surface area contributed by atoms with Gasteiger partial charge in [0.1, 0.15) is 15.6 Å². The van der Waals surface area contributed by atoms with Crippen LogP contribution in [0.15, 0.2) is 53.7 Å². The molecule has 45 heavy (non-hydrogen) atoms. The van der Waals surface area contributed by atoms with Crippen molar-refractivity contribution in [2.24, 2.45) is 0 Å². The first-order valence-electron chi connectivity index (χ1n) is 13.7.